The van der Waals surface area contributed by atoms with Gasteiger partial charge in [0.2, 0.25) is 0 Å². The number of amidine groups is 1. The van der Waals surface area contributed by atoms with Gasteiger partial charge in [-0.3, -0.25) is 14.7 Å². The van der Waals surface area contributed by atoms with Crippen LogP contribution < -0.4 is 5.32 Å². The van der Waals surface area contributed by atoms with Crippen LogP contribution in [0.5, 0.6) is 0 Å². The van der Waals surface area contributed by atoms with E-state index in [0.29, 0.717) is 0 Å². The molecule has 0 radical (unpaired) electrons. The molecule has 1 unspecified atom stereocenters. The molecule has 2 fully saturated rings. The summed E-state index contributed by atoms with van der Waals surface area (Å²) >= 11 is 0. The van der Waals surface area contributed by atoms with Crippen LogP contribution in [-0.2, 0) is 22.7 Å². The third-order valence-electron chi connectivity index (χ3n) is 3.48. The third kappa shape index (κ3) is 5.20. The summed E-state index contributed by atoms with van der Waals surface area (Å²) in [6, 6.07) is -0.778. The predicted octanol–water partition coefficient (Wildman–Crippen LogP) is -2.14. The second-order valence-corrected chi connectivity index (χ2v) is 8.13. The SMILES string of the molecule is O=C1N/C(=N\O)CCN1[C@@H]1O[C@H](COP(=O)(O)OP(=O)(O)O)[C@@H](O)[C@H]1O. The van der Waals surface area contributed by atoms with E-state index in [1.54, 1.807) is 0 Å². The molecule has 0 aromatic carbocycles. The van der Waals surface area contributed by atoms with Gasteiger partial charge in [0.25, 0.3) is 0 Å². The monoisotopic (exact) mass is 421 g/mol. The number of oxime groups is 1. The quantitative estimate of drug-likeness (QED) is 0.138. The summed E-state index contributed by atoms with van der Waals surface area (Å²) in [5.74, 6) is -0.00465. The Hall–Kier alpha value is -1.12. The number of amides is 2. The lowest BCUT2D eigenvalue weighted by atomic mass is 10.1. The molecule has 26 heavy (non-hydrogen) atoms. The Kier molecular flexibility index (Phi) is 6.40. The number of nitrogens with zero attached hydrogens (tertiary/aromatic N) is 2. The molecule has 2 rings (SSSR count). The molecule has 0 aromatic heterocycles. The minimum Gasteiger partial charge on any atom is -0.409 e. The van der Waals surface area contributed by atoms with Gasteiger partial charge in [-0.05, 0) is 0 Å². The van der Waals surface area contributed by atoms with Gasteiger partial charge in [0, 0.05) is 13.0 Å². The first-order valence-corrected chi connectivity index (χ1v) is 10.0. The predicted molar refractivity (Wildman–Crippen MR) is 78.7 cm³/mol. The maximum Gasteiger partial charge on any atom is 0.481 e. The van der Waals surface area contributed by atoms with Crippen LogP contribution in [0.15, 0.2) is 5.16 Å². The number of urea groups is 1. The highest BCUT2D eigenvalue weighted by molar-refractivity contribution is 7.60. The van der Waals surface area contributed by atoms with Gasteiger partial charge >= 0.3 is 21.7 Å². The Morgan fingerprint density at radius 3 is 2.46 bits per heavy atom. The Morgan fingerprint density at radius 2 is 1.92 bits per heavy atom. The molecule has 0 aliphatic carbocycles. The highest BCUT2D eigenvalue weighted by Crippen LogP contribution is 2.57. The van der Waals surface area contributed by atoms with E-state index in [-0.39, 0.29) is 18.8 Å². The van der Waals surface area contributed by atoms with Crippen molar-refractivity contribution in [2.45, 2.75) is 31.0 Å². The molecule has 2 aliphatic heterocycles. The molecule has 17 heteroatoms. The zero-order valence-electron chi connectivity index (χ0n) is 12.9. The standard InChI is InChI=1S/C9H17N3O12P2/c13-6-4(3-22-26(20,21)24-25(17,18)19)23-8(7(6)14)12-2-1-5(11-16)10-9(12)15/h4,6-8,13-14,16H,1-3H2,(H,20,21)(H,10,11,15)(H2,17,18,19)/t4-,6-,7-,8-/m1/s1. The molecule has 15 nitrogen and oxygen atoms in total. The first-order valence-electron chi connectivity index (χ1n) is 6.98. The fourth-order valence-electron chi connectivity index (χ4n) is 2.35. The average molecular weight is 421 g/mol. The molecule has 0 spiro atoms. The zero-order chi connectivity index (χ0) is 19.7. The fraction of sp³-hybridized carbons (Fsp3) is 0.778. The van der Waals surface area contributed by atoms with Gasteiger partial charge < -0.3 is 34.8 Å². The lowest BCUT2D eigenvalue weighted by Crippen LogP contribution is -2.56. The number of hydrogen-bond donors (Lipinski definition) is 7. The number of hydrogen-bond acceptors (Lipinski definition) is 10. The Labute approximate surface area is 145 Å². The second-order valence-electron chi connectivity index (χ2n) is 5.30. The summed E-state index contributed by atoms with van der Waals surface area (Å²) in [5, 5.41) is 33.6. The molecule has 0 saturated carbocycles. The number of ether oxygens (including phenoxy) is 1. The van der Waals surface area contributed by atoms with Gasteiger partial charge in [-0.1, -0.05) is 5.16 Å². The van der Waals surface area contributed by atoms with Crippen molar-refractivity contribution in [1.29, 1.82) is 0 Å². The van der Waals surface area contributed by atoms with Gasteiger partial charge in [0.05, 0.1) is 6.61 Å². The number of phosphoric ester groups is 1. The van der Waals surface area contributed by atoms with Crippen molar-refractivity contribution in [2.75, 3.05) is 13.2 Å². The average Bonchev–Trinajstić information content (AvgIpc) is 2.79. The molecule has 0 bridgehead atoms. The summed E-state index contributed by atoms with van der Waals surface area (Å²) in [6.07, 6.45) is -5.90. The first kappa shape index (κ1) is 21.2. The van der Waals surface area contributed by atoms with Crippen molar-refractivity contribution < 1.29 is 57.6 Å². The number of carbonyl (C=O) groups is 1. The smallest absolute Gasteiger partial charge is 0.409 e. The highest BCUT2D eigenvalue weighted by Gasteiger charge is 2.48. The molecule has 5 atom stereocenters. The molecule has 0 aromatic rings. The molecule has 2 heterocycles. The number of phosphoric acid groups is 2. The van der Waals surface area contributed by atoms with Gasteiger partial charge in [-0.15, -0.1) is 0 Å². The van der Waals surface area contributed by atoms with Crippen LogP contribution in [0.2, 0.25) is 0 Å². The van der Waals surface area contributed by atoms with Crippen LogP contribution in [0, 0.1) is 0 Å². The van der Waals surface area contributed by atoms with E-state index in [9.17, 15) is 29.0 Å². The lowest BCUT2D eigenvalue weighted by molar-refractivity contribution is -0.0786. The second kappa shape index (κ2) is 7.86. The molecular formula is C9H17N3O12P2. The summed E-state index contributed by atoms with van der Waals surface area (Å²) in [5.41, 5.74) is 0. The summed E-state index contributed by atoms with van der Waals surface area (Å²) in [6.45, 7) is -0.894. The van der Waals surface area contributed by atoms with E-state index < -0.39 is 52.8 Å². The lowest BCUT2D eigenvalue weighted by Gasteiger charge is -2.33. The summed E-state index contributed by atoms with van der Waals surface area (Å²) < 4.78 is 35.1. The van der Waals surface area contributed by atoms with Crippen LogP contribution in [0.25, 0.3) is 0 Å². The van der Waals surface area contributed by atoms with E-state index in [0.717, 1.165) is 4.90 Å². The number of aliphatic hydroxyl groups is 2. The largest absolute Gasteiger partial charge is 0.481 e. The zero-order valence-corrected chi connectivity index (χ0v) is 14.6. The minimum absolute atomic E-state index is 0.00465. The fourth-order valence-corrected chi connectivity index (χ4v) is 3.95. The van der Waals surface area contributed by atoms with Crippen molar-refractivity contribution in [2.24, 2.45) is 5.16 Å². The van der Waals surface area contributed by atoms with Crippen molar-refractivity contribution >= 4 is 27.5 Å². The van der Waals surface area contributed by atoms with E-state index >= 15 is 0 Å². The van der Waals surface area contributed by atoms with Crippen LogP contribution in [-0.4, -0.2) is 84.6 Å². The van der Waals surface area contributed by atoms with E-state index in [4.69, 9.17) is 19.7 Å². The van der Waals surface area contributed by atoms with Crippen molar-refractivity contribution in [3.05, 3.63) is 0 Å². The first-order chi connectivity index (χ1) is 11.9. The summed E-state index contributed by atoms with van der Waals surface area (Å²) in [4.78, 5) is 39.1. The van der Waals surface area contributed by atoms with Crippen LogP contribution in [0.3, 0.4) is 0 Å². The summed E-state index contributed by atoms with van der Waals surface area (Å²) in [7, 11) is -10.5. The molecular weight excluding hydrogens is 404 g/mol. The van der Waals surface area contributed by atoms with E-state index in [1.807, 2.05) is 0 Å². The highest BCUT2D eigenvalue weighted by atomic mass is 31.3. The Morgan fingerprint density at radius 1 is 1.27 bits per heavy atom. The number of aliphatic hydroxyl groups excluding tert-OH is 2. The number of nitrogens with one attached hydrogen (secondary N) is 1. The van der Waals surface area contributed by atoms with E-state index in [2.05, 4.69) is 19.3 Å². The molecule has 150 valence electrons. The molecule has 2 aliphatic rings. The molecule has 2 saturated heterocycles. The van der Waals surface area contributed by atoms with Crippen molar-refractivity contribution in [1.82, 2.24) is 10.2 Å². The maximum atomic E-state index is 11.9. The minimum atomic E-state index is -5.31. The van der Waals surface area contributed by atoms with Gasteiger partial charge in [-0.25, -0.2) is 13.9 Å². The molecule has 2 amide bonds. The maximum absolute atomic E-state index is 11.9. The van der Waals surface area contributed by atoms with Crippen LogP contribution in [0.4, 0.5) is 4.79 Å². The Balaban J connectivity index is 1.98. The normalized spacial score (nSPS) is 34.0. The van der Waals surface area contributed by atoms with Crippen LogP contribution in [0.1, 0.15) is 6.42 Å². The van der Waals surface area contributed by atoms with Gasteiger partial charge in [0.15, 0.2) is 12.1 Å². The van der Waals surface area contributed by atoms with Gasteiger partial charge in [-0.2, -0.15) is 4.31 Å². The number of rotatable bonds is 6. The van der Waals surface area contributed by atoms with Crippen LogP contribution >= 0.6 is 15.6 Å². The third-order valence-corrected chi connectivity index (χ3v) is 5.63. The van der Waals surface area contributed by atoms with E-state index in [1.165, 1.54) is 0 Å². The number of carbonyl (C=O) groups excluding carboxylic acids is 1. The topological polar surface area (TPSA) is 228 Å². The van der Waals surface area contributed by atoms with Gasteiger partial charge in [0.1, 0.15) is 18.3 Å². The Bertz CT molecular complexity index is 666. The van der Waals surface area contributed by atoms with Crippen molar-refractivity contribution in [3.63, 3.8) is 0 Å². The molecule has 7 N–H and O–H groups in total. The van der Waals surface area contributed by atoms with Crippen molar-refractivity contribution in [3.8, 4) is 0 Å².